The van der Waals surface area contributed by atoms with Crippen molar-refractivity contribution in [3.05, 3.63) is 69.5 Å². The van der Waals surface area contributed by atoms with Crippen molar-refractivity contribution in [3.63, 3.8) is 0 Å². The van der Waals surface area contributed by atoms with Crippen molar-refractivity contribution in [1.82, 2.24) is 9.88 Å². The summed E-state index contributed by atoms with van der Waals surface area (Å²) in [5.41, 5.74) is 4.94. The van der Waals surface area contributed by atoms with Crippen LogP contribution in [0.15, 0.2) is 30.3 Å². The number of halogens is 4. The van der Waals surface area contributed by atoms with E-state index in [1.54, 1.807) is 0 Å². The largest absolute Gasteiger partial charge is 0.369 e. The highest BCUT2D eigenvalue weighted by Gasteiger charge is 2.48. The molecule has 0 fully saturated rings. The first-order valence-corrected chi connectivity index (χ1v) is 10.6. The van der Waals surface area contributed by atoms with Gasteiger partial charge in [0.1, 0.15) is 17.2 Å². The average Bonchev–Trinajstić information content (AvgIpc) is 3.15. The SMILES string of the molecule is Cc1cc(NC(=O)c2ccc(F)c(C(F)(F)C(=O)N3CCc4[nH+]c(N)sc4C3)n2)ccc1F. The van der Waals surface area contributed by atoms with Crippen molar-refractivity contribution >= 4 is 34.0 Å². The van der Waals surface area contributed by atoms with E-state index < -0.39 is 40.8 Å². The van der Waals surface area contributed by atoms with Gasteiger partial charge in [0.15, 0.2) is 11.5 Å². The van der Waals surface area contributed by atoms with E-state index in [1.807, 2.05) is 0 Å². The molecular formula is C21H18F4N5O2S+. The van der Waals surface area contributed by atoms with Gasteiger partial charge in [0.25, 0.3) is 11.8 Å². The summed E-state index contributed by atoms with van der Waals surface area (Å²) < 4.78 is 57.8. The van der Waals surface area contributed by atoms with E-state index in [1.165, 1.54) is 19.1 Å². The summed E-state index contributed by atoms with van der Waals surface area (Å²) in [5.74, 6) is -8.76. The van der Waals surface area contributed by atoms with Crippen molar-refractivity contribution in [2.45, 2.75) is 25.8 Å². The van der Waals surface area contributed by atoms with Crippen LogP contribution in [0, 0.1) is 18.6 Å². The summed E-state index contributed by atoms with van der Waals surface area (Å²) in [4.78, 5) is 33.0. The Morgan fingerprint density at radius 3 is 2.67 bits per heavy atom. The number of amides is 2. The molecule has 0 aliphatic carbocycles. The van der Waals surface area contributed by atoms with E-state index in [9.17, 15) is 18.4 Å². The number of aromatic nitrogens is 2. The number of aromatic amines is 1. The van der Waals surface area contributed by atoms with Gasteiger partial charge in [-0.15, -0.1) is 0 Å². The van der Waals surface area contributed by atoms with Gasteiger partial charge in [0.05, 0.1) is 11.4 Å². The molecule has 0 bridgehead atoms. The lowest BCUT2D eigenvalue weighted by atomic mass is 10.1. The normalized spacial score (nSPS) is 13.5. The Labute approximate surface area is 189 Å². The highest BCUT2D eigenvalue weighted by Crippen LogP contribution is 2.33. The number of hydrogen-bond donors (Lipinski definition) is 2. The zero-order valence-corrected chi connectivity index (χ0v) is 18.0. The van der Waals surface area contributed by atoms with Crippen molar-refractivity contribution in [3.8, 4) is 0 Å². The fourth-order valence-electron chi connectivity index (χ4n) is 3.45. The fraction of sp³-hybridized carbons (Fsp3) is 0.238. The number of nitrogen functional groups attached to an aromatic ring is 1. The zero-order chi connectivity index (χ0) is 23.9. The van der Waals surface area contributed by atoms with Crippen molar-refractivity contribution < 1.29 is 32.1 Å². The van der Waals surface area contributed by atoms with Crippen LogP contribution in [-0.4, -0.2) is 28.2 Å². The molecule has 4 N–H and O–H groups in total. The van der Waals surface area contributed by atoms with Gasteiger partial charge >= 0.3 is 11.1 Å². The summed E-state index contributed by atoms with van der Waals surface area (Å²) in [5, 5.41) is 2.78. The number of aryl methyl sites for hydroxylation is 1. The molecular weight excluding hydrogens is 462 g/mol. The van der Waals surface area contributed by atoms with E-state index in [2.05, 4.69) is 15.3 Å². The maximum absolute atomic E-state index is 15.0. The van der Waals surface area contributed by atoms with E-state index in [0.29, 0.717) is 22.5 Å². The number of nitrogens with zero attached hydrogens (tertiary/aromatic N) is 2. The molecule has 7 nitrogen and oxygen atoms in total. The number of nitrogens with two attached hydrogens (primary N) is 1. The molecule has 1 aromatic carbocycles. The van der Waals surface area contributed by atoms with Gasteiger partial charge in [-0.2, -0.15) is 8.78 Å². The second-order valence-electron chi connectivity index (χ2n) is 7.49. The van der Waals surface area contributed by atoms with Gasteiger partial charge in [0, 0.05) is 18.7 Å². The second-order valence-corrected chi connectivity index (χ2v) is 8.63. The van der Waals surface area contributed by atoms with Gasteiger partial charge in [-0.3, -0.25) is 15.3 Å². The summed E-state index contributed by atoms with van der Waals surface area (Å²) >= 11 is 1.15. The van der Waals surface area contributed by atoms with Gasteiger partial charge < -0.3 is 10.2 Å². The number of fused-ring (bicyclic) bond motifs is 1. The molecule has 0 saturated heterocycles. The highest BCUT2D eigenvalue weighted by molar-refractivity contribution is 7.15. The molecule has 0 saturated carbocycles. The Kier molecular flexibility index (Phi) is 5.78. The van der Waals surface area contributed by atoms with Gasteiger partial charge in [0.2, 0.25) is 0 Å². The summed E-state index contributed by atoms with van der Waals surface area (Å²) in [6.45, 7) is 1.37. The molecule has 0 spiro atoms. The van der Waals surface area contributed by atoms with Crippen LogP contribution in [0.2, 0.25) is 0 Å². The minimum atomic E-state index is -4.31. The number of nitrogens with one attached hydrogen (secondary N) is 2. The Morgan fingerprint density at radius 1 is 1.21 bits per heavy atom. The Hall–Kier alpha value is -3.54. The van der Waals surface area contributed by atoms with Crippen molar-refractivity contribution in [2.24, 2.45) is 0 Å². The summed E-state index contributed by atoms with van der Waals surface area (Å²) in [6, 6.07) is 5.32. The number of anilines is 2. The molecule has 2 aromatic heterocycles. The molecule has 12 heteroatoms. The Balaban J connectivity index is 1.57. The molecule has 33 heavy (non-hydrogen) atoms. The van der Waals surface area contributed by atoms with E-state index in [-0.39, 0.29) is 24.3 Å². The number of rotatable bonds is 4. The first-order valence-electron chi connectivity index (χ1n) is 9.77. The third-order valence-electron chi connectivity index (χ3n) is 5.16. The molecule has 0 atom stereocenters. The molecule has 1 aliphatic rings. The molecule has 2 amide bonds. The van der Waals surface area contributed by atoms with Crippen LogP contribution in [0.25, 0.3) is 0 Å². The van der Waals surface area contributed by atoms with Crippen LogP contribution in [0.5, 0.6) is 0 Å². The number of benzene rings is 1. The number of carbonyl (C=O) groups excluding carboxylic acids is 2. The smallest absolute Gasteiger partial charge is 0.331 e. The number of carbonyl (C=O) groups is 2. The Bertz CT molecular complexity index is 1260. The zero-order valence-electron chi connectivity index (χ0n) is 17.2. The molecule has 3 aromatic rings. The maximum Gasteiger partial charge on any atom is 0.369 e. The van der Waals surface area contributed by atoms with Crippen LogP contribution in [-0.2, 0) is 23.7 Å². The third kappa shape index (κ3) is 4.38. The molecule has 1 aliphatic heterocycles. The number of thiazole rings is 1. The standard InChI is InChI=1S/C21H17F4N5O2S/c1-10-8-11(2-3-12(10)22)27-18(31)15-5-4-13(23)17(28-15)21(24,25)19(32)30-7-6-14-16(9-30)33-20(26)29-14/h2-5,8H,6-7,9H2,1H3,(H2,26,29)(H,27,31)/p+1. The molecule has 0 unspecified atom stereocenters. The minimum absolute atomic E-state index is 0.0141. The van der Waals surface area contributed by atoms with Crippen LogP contribution in [0.1, 0.15) is 32.3 Å². The monoisotopic (exact) mass is 480 g/mol. The number of hydrogen-bond acceptors (Lipinski definition) is 5. The topological polar surface area (TPSA) is 102 Å². The first kappa shape index (κ1) is 22.6. The molecule has 4 rings (SSSR count). The Morgan fingerprint density at radius 2 is 1.94 bits per heavy atom. The maximum atomic E-state index is 15.0. The lowest BCUT2D eigenvalue weighted by Crippen LogP contribution is -2.45. The average molecular weight is 480 g/mol. The summed E-state index contributed by atoms with van der Waals surface area (Å²) in [6.07, 6.45) is 0.292. The second kappa shape index (κ2) is 8.43. The number of pyridine rings is 1. The van der Waals surface area contributed by atoms with E-state index in [4.69, 9.17) is 5.73 Å². The van der Waals surface area contributed by atoms with Crippen molar-refractivity contribution in [2.75, 3.05) is 17.6 Å². The highest BCUT2D eigenvalue weighted by atomic mass is 32.1. The van der Waals surface area contributed by atoms with E-state index in [0.717, 1.165) is 34.1 Å². The minimum Gasteiger partial charge on any atom is -0.331 e. The van der Waals surface area contributed by atoms with Gasteiger partial charge in [-0.25, -0.2) is 18.7 Å². The predicted molar refractivity (Wildman–Crippen MR) is 112 cm³/mol. The number of alkyl halides is 2. The van der Waals surface area contributed by atoms with Gasteiger partial charge in [-0.05, 0) is 42.8 Å². The lowest BCUT2D eigenvalue weighted by molar-refractivity contribution is -0.368. The third-order valence-corrected chi connectivity index (χ3v) is 6.10. The van der Waals surface area contributed by atoms with Gasteiger partial charge in [-0.1, -0.05) is 11.3 Å². The molecule has 3 heterocycles. The van der Waals surface area contributed by atoms with Crippen LogP contribution in [0.3, 0.4) is 0 Å². The molecule has 172 valence electrons. The van der Waals surface area contributed by atoms with E-state index >= 15 is 8.78 Å². The van der Waals surface area contributed by atoms with Crippen LogP contribution < -0.4 is 16.0 Å². The quantitative estimate of drug-likeness (QED) is 0.561. The molecule has 0 radical (unpaired) electrons. The van der Waals surface area contributed by atoms with Crippen LogP contribution in [0.4, 0.5) is 28.4 Å². The van der Waals surface area contributed by atoms with Crippen LogP contribution >= 0.6 is 11.3 Å². The first-order chi connectivity index (χ1) is 15.6. The predicted octanol–water partition coefficient (Wildman–Crippen LogP) is 3.06. The number of H-pyrrole nitrogens is 1. The lowest BCUT2D eigenvalue weighted by Gasteiger charge is -2.28. The fourth-order valence-corrected chi connectivity index (χ4v) is 4.38. The summed E-state index contributed by atoms with van der Waals surface area (Å²) in [7, 11) is 0. The van der Waals surface area contributed by atoms with Crippen molar-refractivity contribution in [1.29, 1.82) is 0 Å².